The van der Waals surface area contributed by atoms with Crippen LogP contribution >= 0.6 is 0 Å². The van der Waals surface area contributed by atoms with E-state index in [-0.39, 0.29) is 0 Å². The van der Waals surface area contributed by atoms with Crippen LogP contribution in [-0.2, 0) is 0 Å². The highest BCUT2D eigenvalue weighted by Gasteiger charge is 2.21. The third kappa shape index (κ3) is 2.21. The van der Waals surface area contributed by atoms with Gasteiger partial charge in [-0.3, -0.25) is 4.79 Å². The number of carbonyl (C=O) groups excluding carboxylic acids is 1. The monoisotopic (exact) mass is 205 g/mol. The lowest BCUT2D eigenvalue weighted by Crippen LogP contribution is -2.15. The molecule has 80 valence electrons. The van der Waals surface area contributed by atoms with Gasteiger partial charge in [0.2, 0.25) is 0 Å². The number of carbonyl (C=O) groups is 1. The van der Waals surface area contributed by atoms with Gasteiger partial charge in [0.05, 0.1) is 16.9 Å². The molecule has 5 N–H and O–H groups in total. The quantitative estimate of drug-likeness (QED) is 0.646. The van der Waals surface area contributed by atoms with E-state index in [1.54, 1.807) is 12.1 Å². The number of amides is 1. The Morgan fingerprint density at radius 3 is 2.80 bits per heavy atom. The molecule has 0 unspecified atom stereocenters. The van der Waals surface area contributed by atoms with Crippen LogP contribution in [0.1, 0.15) is 23.2 Å². The van der Waals surface area contributed by atoms with E-state index in [1.165, 1.54) is 12.8 Å². The maximum Gasteiger partial charge on any atom is 0.250 e. The zero-order chi connectivity index (χ0) is 10.8. The number of hydrogen-bond donors (Lipinski definition) is 3. The molecule has 1 saturated carbocycles. The molecule has 1 amide bonds. The molecule has 1 aliphatic rings. The Balaban J connectivity index is 2.14. The minimum atomic E-state index is -0.484. The summed E-state index contributed by atoms with van der Waals surface area (Å²) in [5.41, 5.74) is 12.7. The van der Waals surface area contributed by atoms with Crippen molar-refractivity contribution in [2.45, 2.75) is 12.8 Å². The van der Waals surface area contributed by atoms with E-state index >= 15 is 0 Å². The summed E-state index contributed by atoms with van der Waals surface area (Å²) in [6.45, 7) is 0.923. The van der Waals surface area contributed by atoms with E-state index in [4.69, 9.17) is 11.5 Å². The summed E-state index contributed by atoms with van der Waals surface area (Å²) >= 11 is 0. The molecule has 1 fully saturated rings. The zero-order valence-corrected chi connectivity index (χ0v) is 8.49. The number of anilines is 2. The Kier molecular flexibility index (Phi) is 2.49. The molecular formula is C11H15N3O. The highest BCUT2D eigenvalue weighted by molar-refractivity contribution is 6.00. The standard InChI is InChI=1S/C11H15N3O/c12-10-8(11(13)15)2-1-3-9(10)14-6-7-4-5-7/h1-3,7,14H,4-6,12H2,(H2,13,15). The highest BCUT2D eigenvalue weighted by Crippen LogP contribution is 2.30. The maximum absolute atomic E-state index is 11.0. The minimum absolute atomic E-state index is 0.385. The van der Waals surface area contributed by atoms with E-state index in [1.807, 2.05) is 6.07 Å². The first-order chi connectivity index (χ1) is 7.18. The van der Waals surface area contributed by atoms with Crippen LogP contribution in [0.3, 0.4) is 0 Å². The van der Waals surface area contributed by atoms with Crippen molar-refractivity contribution in [2.24, 2.45) is 11.7 Å². The molecule has 15 heavy (non-hydrogen) atoms. The van der Waals surface area contributed by atoms with Crippen molar-refractivity contribution in [3.63, 3.8) is 0 Å². The Morgan fingerprint density at radius 2 is 2.20 bits per heavy atom. The van der Waals surface area contributed by atoms with Crippen LogP contribution in [0.4, 0.5) is 11.4 Å². The van der Waals surface area contributed by atoms with Crippen LogP contribution in [0.15, 0.2) is 18.2 Å². The van der Waals surface area contributed by atoms with Gasteiger partial charge in [-0.1, -0.05) is 6.07 Å². The molecule has 0 saturated heterocycles. The van der Waals surface area contributed by atoms with E-state index in [9.17, 15) is 4.79 Å². The molecule has 0 aromatic heterocycles. The van der Waals surface area contributed by atoms with E-state index in [2.05, 4.69) is 5.32 Å². The summed E-state index contributed by atoms with van der Waals surface area (Å²) in [4.78, 5) is 11.0. The first-order valence-electron chi connectivity index (χ1n) is 5.10. The molecular weight excluding hydrogens is 190 g/mol. The average molecular weight is 205 g/mol. The first kappa shape index (κ1) is 9.83. The normalized spacial score (nSPS) is 14.9. The Hall–Kier alpha value is -1.71. The van der Waals surface area contributed by atoms with Crippen molar-refractivity contribution in [1.29, 1.82) is 0 Å². The number of nitrogen functional groups attached to an aromatic ring is 1. The third-order valence-electron chi connectivity index (χ3n) is 2.65. The molecule has 1 aromatic rings. The highest BCUT2D eigenvalue weighted by atomic mass is 16.1. The van der Waals surface area contributed by atoms with Gasteiger partial charge >= 0.3 is 0 Å². The number of para-hydroxylation sites is 1. The van der Waals surface area contributed by atoms with Crippen LogP contribution in [-0.4, -0.2) is 12.5 Å². The van der Waals surface area contributed by atoms with Gasteiger partial charge in [0, 0.05) is 6.54 Å². The average Bonchev–Trinajstić information content (AvgIpc) is 2.99. The van der Waals surface area contributed by atoms with Gasteiger partial charge in [0.15, 0.2) is 0 Å². The third-order valence-corrected chi connectivity index (χ3v) is 2.65. The SMILES string of the molecule is NC(=O)c1cccc(NCC2CC2)c1N. The van der Waals surface area contributed by atoms with Gasteiger partial charge < -0.3 is 16.8 Å². The van der Waals surface area contributed by atoms with Gasteiger partial charge in [-0.15, -0.1) is 0 Å². The summed E-state index contributed by atoms with van der Waals surface area (Å²) in [5.74, 6) is 0.282. The molecule has 0 heterocycles. The second-order valence-corrected chi connectivity index (χ2v) is 3.96. The zero-order valence-electron chi connectivity index (χ0n) is 8.49. The summed E-state index contributed by atoms with van der Waals surface area (Å²) < 4.78 is 0. The number of primary amides is 1. The molecule has 0 spiro atoms. The molecule has 0 aliphatic heterocycles. The summed E-state index contributed by atoms with van der Waals surface area (Å²) in [6.07, 6.45) is 2.56. The van der Waals surface area contributed by atoms with Gasteiger partial charge in [-0.05, 0) is 30.9 Å². The van der Waals surface area contributed by atoms with Crippen molar-refractivity contribution in [3.8, 4) is 0 Å². The second kappa shape index (κ2) is 3.81. The minimum Gasteiger partial charge on any atom is -0.396 e. The van der Waals surface area contributed by atoms with Gasteiger partial charge in [0.1, 0.15) is 0 Å². The number of rotatable bonds is 4. The molecule has 4 nitrogen and oxygen atoms in total. The lowest BCUT2D eigenvalue weighted by atomic mass is 10.1. The molecule has 0 radical (unpaired) electrons. The predicted octanol–water partition coefficient (Wildman–Crippen LogP) is 1.19. The second-order valence-electron chi connectivity index (χ2n) is 3.96. The fraction of sp³-hybridized carbons (Fsp3) is 0.364. The molecule has 4 heteroatoms. The summed E-state index contributed by atoms with van der Waals surface area (Å²) in [7, 11) is 0. The van der Waals surface area contributed by atoms with Gasteiger partial charge in [-0.25, -0.2) is 0 Å². The molecule has 1 aromatic carbocycles. The molecule has 1 aliphatic carbocycles. The Labute approximate surface area is 88.6 Å². The Morgan fingerprint density at radius 1 is 1.47 bits per heavy atom. The van der Waals surface area contributed by atoms with E-state index in [0.29, 0.717) is 11.3 Å². The van der Waals surface area contributed by atoms with Gasteiger partial charge in [0.25, 0.3) is 5.91 Å². The molecule has 0 bridgehead atoms. The van der Waals surface area contributed by atoms with Crippen molar-refractivity contribution in [2.75, 3.05) is 17.6 Å². The summed E-state index contributed by atoms with van der Waals surface area (Å²) in [6, 6.07) is 5.29. The van der Waals surface area contributed by atoms with E-state index in [0.717, 1.165) is 18.2 Å². The van der Waals surface area contributed by atoms with Crippen LogP contribution in [0.2, 0.25) is 0 Å². The molecule has 2 rings (SSSR count). The van der Waals surface area contributed by atoms with Crippen LogP contribution in [0.5, 0.6) is 0 Å². The fourth-order valence-corrected chi connectivity index (χ4v) is 1.51. The largest absolute Gasteiger partial charge is 0.396 e. The van der Waals surface area contributed by atoms with Crippen molar-refractivity contribution >= 4 is 17.3 Å². The first-order valence-corrected chi connectivity index (χ1v) is 5.10. The number of nitrogens with one attached hydrogen (secondary N) is 1. The van der Waals surface area contributed by atoms with Crippen LogP contribution in [0, 0.1) is 5.92 Å². The van der Waals surface area contributed by atoms with Crippen LogP contribution < -0.4 is 16.8 Å². The van der Waals surface area contributed by atoms with Crippen molar-refractivity contribution in [3.05, 3.63) is 23.8 Å². The number of benzene rings is 1. The lowest BCUT2D eigenvalue weighted by Gasteiger charge is -2.10. The van der Waals surface area contributed by atoms with Gasteiger partial charge in [-0.2, -0.15) is 0 Å². The lowest BCUT2D eigenvalue weighted by molar-refractivity contribution is 0.100. The smallest absolute Gasteiger partial charge is 0.250 e. The maximum atomic E-state index is 11.0. The predicted molar refractivity (Wildman–Crippen MR) is 60.6 cm³/mol. The number of hydrogen-bond acceptors (Lipinski definition) is 3. The summed E-state index contributed by atoms with van der Waals surface area (Å²) in [5, 5.41) is 3.24. The van der Waals surface area contributed by atoms with E-state index < -0.39 is 5.91 Å². The topological polar surface area (TPSA) is 81.1 Å². The Bertz CT molecular complexity index is 385. The molecule has 0 atom stereocenters. The van der Waals surface area contributed by atoms with Crippen molar-refractivity contribution in [1.82, 2.24) is 0 Å². The van der Waals surface area contributed by atoms with Crippen LogP contribution in [0.25, 0.3) is 0 Å². The number of nitrogens with two attached hydrogens (primary N) is 2. The van der Waals surface area contributed by atoms with Crippen molar-refractivity contribution < 1.29 is 4.79 Å². The fourth-order valence-electron chi connectivity index (χ4n) is 1.51.